The lowest BCUT2D eigenvalue weighted by atomic mass is 10.1. The van der Waals surface area contributed by atoms with E-state index in [-0.39, 0.29) is 0 Å². The minimum atomic E-state index is 0.577. The minimum absolute atomic E-state index is 0.577. The van der Waals surface area contributed by atoms with Gasteiger partial charge >= 0.3 is 0 Å². The molecule has 2 heteroatoms. The number of hydrogen-bond donors (Lipinski definition) is 0. The van der Waals surface area contributed by atoms with Gasteiger partial charge in [-0.25, -0.2) is 0 Å². The van der Waals surface area contributed by atoms with Crippen LogP contribution >= 0.6 is 11.8 Å². The van der Waals surface area contributed by atoms with Crippen LogP contribution in [-0.4, -0.2) is 11.0 Å². The van der Waals surface area contributed by atoms with Gasteiger partial charge in [0, 0.05) is 11.3 Å². The number of rotatable bonds is 0. The van der Waals surface area contributed by atoms with E-state index >= 15 is 0 Å². The molecule has 0 aromatic rings. The van der Waals surface area contributed by atoms with Gasteiger partial charge in [-0.1, -0.05) is 0 Å². The highest BCUT2D eigenvalue weighted by molar-refractivity contribution is 8.00. The molecule has 0 N–H and O–H groups in total. The van der Waals surface area contributed by atoms with Crippen molar-refractivity contribution < 1.29 is 0 Å². The largest absolute Gasteiger partial charge is 0.193 e. The predicted molar refractivity (Wildman–Crippen MR) is 44.9 cm³/mol. The minimum Gasteiger partial charge on any atom is -0.193 e. The highest BCUT2D eigenvalue weighted by atomic mass is 32.2. The van der Waals surface area contributed by atoms with Crippen molar-refractivity contribution in [1.29, 1.82) is 5.26 Å². The second-order valence-electron chi connectivity index (χ2n) is 2.46. The SMILES string of the molecule is CC1SCCCC1=CC#N. The molecule has 1 rings (SSSR count). The highest BCUT2D eigenvalue weighted by Gasteiger charge is 2.13. The van der Waals surface area contributed by atoms with Crippen LogP contribution < -0.4 is 0 Å². The zero-order valence-corrected chi connectivity index (χ0v) is 6.95. The standard InChI is InChI=1S/C8H11NS/c1-7-8(4-5-9)3-2-6-10-7/h4,7H,2-3,6H2,1H3. The quantitative estimate of drug-likeness (QED) is 0.499. The van der Waals surface area contributed by atoms with E-state index in [4.69, 9.17) is 5.26 Å². The van der Waals surface area contributed by atoms with Gasteiger partial charge in [0.05, 0.1) is 6.07 Å². The molecule has 0 bridgehead atoms. The third kappa shape index (κ3) is 1.78. The van der Waals surface area contributed by atoms with Crippen LogP contribution in [0, 0.1) is 11.3 Å². The molecule has 1 saturated heterocycles. The Bertz CT molecular complexity index is 178. The summed E-state index contributed by atoms with van der Waals surface area (Å²) in [5.41, 5.74) is 1.32. The Morgan fingerprint density at radius 3 is 3.20 bits per heavy atom. The third-order valence-corrected chi connectivity index (χ3v) is 3.08. The van der Waals surface area contributed by atoms with Crippen molar-refractivity contribution >= 4 is 11.8 Å². The molecule has 1 heterocycles. The average molecular weight is 153 g/mol. The first-order valence-electron chi connectivity index (χ1n) is 3.54. The van der Waals surface area contributed by atoms with E-state index in [0.29, 0.717) is 5.25 Å². The van der Waals surface area contributed by atoms with Crippen molar-refractivity contribution in [2.75, 3.05) is 5.75 Å². The molecule has 1 nitrogen and oxygen atoms in total. The maximum absolute atomic E-state index is 8.40. The van der Waals surface area contributed by atoms with Crippen molar-refractivity contribution in [3.05, 3.63) is 11.6 Å². The maximum Gasteiger partial charge on any atom is 0.0911 e. The molecule has 0 aliphatic carbocycles. The van der Waals surface area contributed by atoms with Crippen LogP contribution in [-0.2, 0) is 0 Å². The van der Waals surface area contributed by atoms with Crippen LogP contribution in [0.15, 0.2) is 11.6 Å². The summed E-state index contributed by atoms with van der Waals surface area (Å²) >= 11 is 1.95. The van der Waals surface area contributed by atoms with Gasteiger partial charge in [0.25, 0.3) is 0 Å². The predicted octanol–water partition coefficient (Wildman–Crippen LogP) is 2.35. The molecule has 1 aliphatic rings. The first-order chi connectivity index (χ1) is 4.84. The summed E-state index contributed by atoms with van der Waals surface area (Å²) in [4.78, 5) is 0. The Kier molecular flexibility index (Phi) is 2.82. The summed E-state index contributed by atoms with van der Waals surface area (Å²) in [6.45, 7) is 2.17. The molecular weight excluding hydrogens is 142 g/mol. The molecule has 1 aliphatic heterocycles. The smallest absolute Gasteiger partial charge is 0.0911 e. The Labute approximate surface area is 66.1 Å². The molecule has 10 heavy (non-hydrogen) atoms. The van der Waals surface area contributed by atoms with Gasteiger partial charge in [0.15, 0.2) is 0 Å². The average Bonchev–Trinajstić information content (AvgIpc) is 1.94. The molecule has 54 valence electrons. The van der Waals surface area contributed by atoms with E-state index in [2.05, 4.69) is 13.0 Å². The van der Waals surface area contributed by atoms with Crippen molar-refractivity contribution in [3.8, 4) is 6.07 Å². The third-order valence-electron chi connectivity index (χ3n) is 1.75. The van der Waals surface area contributed by atoms with Crippen LogP contribution in [0.4, 0.5) is 0 Å². The molecule has 0 aromatic carbocycles. The fourth-order valence-corrected chi connectivity index (χ4v) is 2.18. The van der Waals surface area contributed by atoms with Gasteiger partial charge in [0.2, 0.25) is 0 Å². The van der Waals surface area contributed by atoms with Gasteiger partial charge < -0.3 is 0 Å². The maximum atomic E-state index is 8.40. The van der Waals surface area contributed by atoms with Crippen molar-refractivity contribution in [1.82, 2.24) is 0 Å². The Morgan fingerprint density at radius 2 is 2.60 bits per heavy atom. The molecule has 0 spiro atoms. The normalized spacial score (nSPS) is 30.0. The number of thioether (sulfide) groups is 1. The summed E-state index contributed by atoms with van der Waals surface area (Å²) in [5.74, 6) is 1.25. The topological polar surface area (TPSA) is 23.8 Å². The first kappa shape index (κ1) is 7.68. The van der Waals surface area contributed by atoms with E-state index in [1.165, 1.54) is 17.7 Å². The molecular formula is C8H11NS. The number of nitrogens with zero attached hydrogens (tertiary/aromatic N) is 1. The summed E-state index contributed by atoms with van der Waals surface area (Å²) in [7, 11) is 0. The summed E-state index contributed by atoms with van der Waals surface area (Å²) in [5, 5.41) is 8.98. The number of allylic oxidation sites excluding steroid dienone is 1. The van der Waals surface area contributed by atoms with E-state index in [0.717, 1.165) is 6.42 Å². The molecule has 0 radical (unpaired) electrons. The van der Waals surface area contributed by atoms with Gasteiger partial charge in [0.1, 0.15) is 0 Å². The summed E-state index contributed by atoms with van der Waals surface area (Å²) < 4.78 is 0. The molecule has 0 amide bonds. The van der Waals surface area contributed by atoms with Crippen LogP contribution in [0.3, 0.4) is 0 Å². The van der Waals surface area contributed by atoms with Gasteiger partial charge in [-0.15, -0.1) is 0 Å². The van der Waals surface area contributed by atoms with E-state index in [1.54, 1.807) is 6.08 Å². The Morgan fingerprint density at radius 1 is 1.80 bits per heavy atom. The van der Waals surface area contributed by atoms with E-state index in [9.17, 15) is 0 Å². The molecule has 0 saturated carbocycles. The van der Waals surface area contributed by atoms with Crippen LogP contribution in [0.5, 0.6) is 0 Å². The second kappa shape index (κ2) is 3.68. The second-order valence-corrected chi connectivity index (χ2v) is 3.91. The zero-order valence-electron chi connectivity index (χ0n) is 6.13. The van der Waals surface area contributed by atoms with Gasteiger partial charge in [-0.05, 0) is 31.1 Å². The van der Waals surface area contributed by atoms with E-state index < -0.39 is 0 Å². The zero-order chi connectivity index (χ0) is 7.40. The van der Waals surface area contributed by atoms with Crippen molar-refractivity contribution in [3.63, 3.8) is 0 Å². The van der Waals surface area contributed by atoms with Crippen LogP contribution in [0.2, 0.25) is 0 Å². The molecule has 1 unspecified atom stereocenters. The van der Waals surface area contributed by atoms with Crippen molar-refractivity contribution in [2.24, 2.45) is 0 Å². The van der Waals surface area contributed by atoms with Crippen LogP contribution in [0.1, 0.15) is 19.8 Å². The molecule has 1 fully saturated rings. The first-order valence-corrected chi connectivity index (χ1v) is 4.59. The monoisotopic (exact) mass is 153 g/mol. The van der Waals surface area contributed by atoms with Gasteiger partial charge in [-0.3, -0.25) is 0 Å². The lowest BCUT2D eigenvalue weighted by Gasteiger charge is -2.19. The van der Waals surface area contributed by atoms with Crippen LogP contribution in [0.25, 0.3) is 0 Å². The fourth-order valence-electron chi connectivity index (χ4n) is 1.12. The lowest BCUT2D eigenvalue weighted by Crippen LogP contribution is -2.08. The number of hydrogen-bond acceptors (Lipinski definition) is 2. The summed E-state index contributed by atoms with van der Waals surface area (Å²) in [6.07, 6.45) is 4.07. The number of nitriles is 1. The lowest BCUT2D eigenvalue weighted by molar-refractivity contribution is 0.846. The van der Waals surface area contributed by atoms with E-state index in [1.807, 2.05) is 11.8 Å². The Hall–Kier alpha value is -0.420. The molecule has 1 atom stereocenters. The molecule has 0 aromatic heterocycles. The highest BCUT2D eigenvalue weighted by Crippen LogP contribution is 2.29. The van der Waals surface area contributed by atoms with Gasteiger partial charge in [-0.2, -0.15) is 17.0 Å². The Balaban J connectivity index is 2.58. The fraction of sp³-hybridized carbons (Fsp3) is 0.625. The van der Waals surface area contributed by atoms with Crippen molar-refractivity contribution in [2.45, 2.75) is 25.0 Å². The summed E-state index contributed by atoms with van der Waals surface area (Å²) in [6, 6.07) is 2.09.